The van der Waals surface area contributed by atoms with E-state index >= 15 is 0 Å². The van der Waals surface area contributed by atoms with E-state index in [-0.39, 0.29) is 5.92 Å². The third-order valence-corrected chi connectivity index (χ3v) is 2.47. The molecule has 0 radical (unpaired) electrons. The summed E-state index contributed by atoms with van der Waals surface area (Å²) in [7, 11) is 0. The van der Waals surface area contributed by atoms with Crippen molar-refractivity contribution < 1.29 is 0 Å². The third kappa shape index (κ3) is 1.85. The van der Waals surface area contributed by atoms with Crippen LogP contribution in [0.1, 0.15) is 31.0 Å². The first-order valence-corrected chi connectivity index (χ1v) is 5.35. The monoisotopic (exact) mass is 227 g/mol. The maximum absolute atomic E-state index is 9.10. The van der Waals surface area contributed by atoms with Crippen LogP contribution in [0, 0.1) is 11.3 Å². The van der Waals surface area contributed by atoms with Crippen LogP contribution >= 0.6 is 0 Å². The molecule has 0 saturated carbocycles. The molecule has 2 N–H and O–H groups in total. The second-order valence-corrected chi connectivity index (χ2v) is 4.01. The minimum atomic E-state index is 0.150. The molecule has 5 nitrogen and oxygen atoms in total. The summed E-state index contributed by atoms with van der Waals surface area (Å²) in [6.45, 7) is 3.96. The lowest BCUT2D eigenvalue weighted by atomic mass is 10.1. The largest absolute Gasteiger partial charge is 0.382 e. The zero-order valence-corrected chi connectivity index (χ0v) is 9.75. The predicted molar refractivity (Wildman–Crippen MR) is 64.6 cm³/mol. The van der Waals surface area contributed by atoms with Crippen molar-refractivity contribution in [2.45, 2.75) is 19.8 Å². The Labute approximate surface area is 99.5 Å². The van der Waals surface area contributed by atoms with Gasteiger partial charge >= 0.3 is 0 Å². The van der Waals surface area contributed by atoms with Gasteiger partial charge in [0.25, 0.3) is 0 Å². The Hall–Kier alpha value is -2.35. The van der Waals surface area contributed by atoms with Gasteiger partial charge in [-0.05, 0) is 18.1 Å². The van der Waals surface area contributed by atoms with Gasteiger partial charge in [0, 0.05) is 6.20 Å². The minimum absolute atomic E-state index is 0.150. The lowest BCUT2D eigenvalue weighted by molar-refractivity contribution is 0.760. The van der Waals surface area contributed by atoms with E-state index in [1.165, 1.54) is 4.68 Å². The molecule has 2 aromatic heterocycles. The highest BCUT2D eigenvalue weighted by Gasteiger charge is 2.18. The molecule has 0 fully saturated rings. The Morgan fingerprint density at radius 2 is 2.18 bits per heavy atom. The summed E-state index contributed by atoms with van der Waals surface area (Å²) in [6, 6.07) is 7.57. The number of aromatic nitrogens is 3. The summed E-state index contributed by atoms with van der Waals surface area (Å²) in [5, 5.41) is 13.5. The van der Waals surface area contributed by atoms with Gasteiger partial charge < -0.3 is 5.73 Å². The third-order valence-electron chi connectivity index (χ3n) is 2.47. The summed E-state index contributed by atoms with van der Waals surface area (Å²) in [5.41, 5.74) is 7.06. The topological polar surface area (TPSA) is 80.5 Å². The Kier molecular flexibility index (Phi) is 2.79. The fourth-order valence-corrected chi connectivity index (χ4v) is 1.62. The Balaban J connectivity index is 2.62. The standard InChI is InChI=1S/C12H13N5/c1-8(2)11-9(7-13)12(14)17(16-11)10-5-3-4-6-15-10/h3-6,8H,14H2,1-2H3. The number of hydrogen-bond acceptors (Lipinski definition) is 4. The Morgan fingerprint density at radius 1 is 1.41 bits per heavy atom. The first-order chi connectivity index (χ1) is 8.15. The van der Waals surface area contributed by atoms with E-state index in [0.717, 1.165) is 0 Å². The number of hydrogen-bond donors (Lipinski definition) is 1. The summed E-state index contributed by atoms with van der Waals surface area (Å²) in [5.74, 6) is 1.11. The first-order valence-electron chi connectivity index (χ1n) is 5.35. The van der Waals surface area contributed by atoms with Crippen LogP contribution in [0.4, 0.5) is 5.82 Å². The quantitative estimate of drug-likeness (QED) is 0.848. The predicted octanol–water partition coefficient (Wildman–Crippen LogP) is 1.84. The first kappa shape index (κ1) is 11.1. The molecule has 0 saturated heterocycles. The maximum atomic E-state index is 9.10. The van der Waals surface area contributed by atoms with Crippen LogP contribution in [0.5, 0.6) is 0 Å². The van der Waals surface area contributed by atoms with Crippen molar-refractivity contribution in [1.82, 2.24) is 14.8 Å². The SMILES string of the molecule is CC(C)c1nn(-c2ccccn2)c(N)c1C#N. The molecule has 2 heterocycles. The zero-order valence-electron chi connectivity index (χ0n) is 9.75. The molecule has 5 heteroatoms. The van der Waals surface area contributed by atoms with Gasteiger partial charge in [0.2, 0.25) is 0 Å². The molecule has 2 rings (SSSR count). The molecule has 86 valence electrons. The van der Waals surface area contributed by atoms with Crippen molar-refractivity contribution >= 4 is 5.82 Å². The van der Waals surface area contributed by atoms with E-state index in [2.05, 4.69) is 16.2 Å². The summed E-state index contributed by atoms with van der Waals surface area (Å²) in [4.78, 5) is 4.17. The summed E-state index contributed by atoms with van der Waals surface area (Å²) < 4.78 is 1.51. The molecular formula is C12H13N5. The van der Waals surface area contributed by atoms with E-state index in [0.29, 0.717) is 22.9 Å². The second kappa shape index (κ2) is 4.26. The second-order valence-electron chi connectivity index (χ2n) is 4.01. The van der Waals surface area contributed by atoms with Crippen LogP contribution in [0.15, 0.2) is 24.4 Å². The minimum Gasteiger partial charge on any atom is -0.382 e. The van der Waals surface area contributed by atoms with E-state index in [1.54, 1.807) is 12.3 Å². The summed E-state index contributed by atoms with van der Waals surface area (Å²) in [6.07, 6.45) is 1.66. The number of nitrogen functional groups attached to an aromatic ring is 1. The zero-order chi connectivity index (χ0) is 12.4. The van der Waals surface area contributed by atoms with E-state index in [1.807, 2.05) is 26.0 Å². The maximum Gasteiger partial charge on any atom is 0.155 e. The molecule has 0 amide bonds. The molecule has 0 atom stereocenters. The molecular weight excluding hydrogens is 214 g/mol. The van der Waals surface area contributed by atoms with Crippen molar-refractivity contribution in [3.63, 3.8) is 0 Å². The number of nitrogens with zero attached hydrogens (tertiary/aromatic N) is 4. The van der Waals surface area contributed by atoms with Crippen molar-refractivity contribution in [1.29, 1.82) is 5.26 Å². The average Bonchev–Trinajstić information content (AvgIpc) is 2.67. The molecule has 0 spiro atoms. The van der Waals surface area contributed by atoms with E-state index < -0.39 is 0 Å². The molecule has 0 aliphatic rings. The lowest BCUT2D eigenvalue weighted by Gasteiger charge is -2.01. The molecule has 2 aromatic rings. The van der Waals surface area contributed by atoms with Gasteiger partial charge in [-0.2, -0.15) is 15.0 Å². The van der Waals surface area contributed by atoms with Crippen molar-refractivity contribution in [2.24, 2.45) is 0 Å². The number of pyridine rings is 1. The van der Waals surface area contributed by atoms with Gasteiger partial charge in [-0.3, -0.25) is 0 Å². The van der Waals surface area contributed by atoms with Crippen LogP contribution in [0.3, 0.4) is 0 Å². The van der Waals surface area contributed by atoms with Gasteiger partial charge in [0.1, 0.15) is 17.5 Å². The molecule has 0 aliphatic carbocycles. The smallest absolute Gasteiger partial charge is 0.155 e. The highest BCUT2D eigenvalue weighted by atomic mass is 15.3. The van der Waals surface area contributed by atoms with Crippen molar-refractivity contribution in [3.8, 4) is 11.9 Å². The van der Waals surface area contributed by atoms with Gasteiger partial charge in [0.05, 0.1) is 5.69 Å². The number of nitriles is 1. The van der Waals surface area contributed by atoms with E-state index in [4.69, 9.17) is 11.0 Å². The molecule has 0 bridgehead atoms. The van der Waals surface area contributed by atoms with Crippen LogP contribution < -0.4 is 5.73 Å². The van der Waals surface area contributed by atoms with Crippen molar-refractivity contribution in [2.75, 3.05) is 5.73 Å². The highest BCUT2D eigenvalue weighted by Crippen LogP contribution is 2.24. The Morgan fingerprint density at radius 3 is 2.65 bits per heavy atom. The number of rotatable bonds is 2. The molecule has 0 unspecified atom stereocenters. The normalized spacial score (nSPS) is 10.5. The molecule has 0 aromatic carbocycles. The average molecular weight is 227 g/mol. The van der Waals surface area contributed by atoms with E-state index in [9.17, 15) is 0 Å². The van der Waals surface area contributed by atoms with Crippen LogP contribution in [-0.2, 0) is 0 Å². The van der Waals surface area contributed by atoms with Crippen LogP contribution in [0.25, 0.3) is 5.82 Å². The fourth-order valence-electron chi connectivity index (χ4n) is 1.62. The summed E-state index contributed by atoms with van der Waals surface area (Å²) >= 11 is 0. The van der Waals surface area contributed by atoms with Gasteiger partial charge in [-0.25, -0.2) is 4.98 Å². The molecule has 0 aliphatic heterocycles. The van der Waals surface area contributed by atoms with Gasteiger partial charge in [-0.1, -0.05) is 19.9 Å². The van der Waals surface area contributed by atoms with Crippen molar-refractivity contribution in [3.05, 3.63) is 35.7 Å². The fraction of sp³-hybridized carbons (Fsp3) is 0.250. The highest BCUT2D eigenvalue weighted by molar-refractivity contribution is 5.55. The van der Waals surface area contributed by atoms with Gasteiger partial charge in [-0.15, -0.1) is 0 Å². The lowest BCUT2D eigenvalue weighted by Crippen LogP contribution is -2.04. The number of nitrogens with two attached hydrogens (primary N) is 1. The van der Waals surface area contributed by atoms with Crippen LogP contribution in [-0.4, -0.2) is 14.8 Å². The number of anilines is 1. The molecule has 17 heavy (non-hydrogen) atoms. The van der Waals surface area contributed by atoms with Gasteiger partial charge in [0.15, 0.2) is 5.82 Å². The Bertz CT molecular complexity index is 563. The van der Waals surface area contributed by atoms with Crippen LogP contribution in [0.2, 0.25) is 0 Å².